The second-order valence-corrected chi connectivity index (χ2v) is 5.60. The van der Waals surface area contributed by atoms with Gasteiger partial charge in [0, 0.05) is 17.5 Å². The van der Waals surface area contributed by atoms with Gasteiger partial charge in [0.15, 0.2) is 0 Å². The van der Waals surface area contributed by atoms with Crippen molar-refractivity contribution in [2.75, 3.05) is 19.6 Å². The van der Waals surface area contributed by atoms with E-state index in [-0.39, 0.29) is 29.6 Å². The summed E-state index contributed by atoms with van der Waals surface area (Å²) in [5, 5.41) is 7.14. The number of hydrogen-bond donors (Lipinski definition) is 2. The molecule has 0 radical (unpaired) electrons. The third-order valence-electron chi connectivity index (χ3n) is 4.36. The van der Waals surface area contributed by atoms with Crippen LogP contribution in [0.4, 0.5) is 0 Å². The van der Waals surface area contributed by atoms with Gasteiger partial charge in [-0.3, -0.25) is 4.79 Å². The van der Waals surface area contributed by atoms with Gasteiger partial charge in [-0.25, -0.2) is 0 Å². The minimum Gasteiger partial charge on any atom is -0.355 e. The van der Waals surface area contributed by atoms with Gasteiger partial charge in [-0.2, -0.15) is 0 Å². The SMILES string of the molecule is Cl.O=C1NCC(c2ccccc2Cl)C12CCNCC2. The fourth-order valence-electron chi connectivity index (χ4n) is 3.34. The molecule has 19 heavy (non-hydrogen) atoms. The Kier molecular flexibility index (Phi) is 4.39. The van der Waals surface area contributed by atoms with Crippen LogP contribution in [0, 0.1) is 5.41 Å². The minimum absolute atomic E-state index is 0. The van der Waals surface area contributed by atoms with E-state index in [0.29, 0.717) is 6.54 Å². The Bertz CT molecular complexity index is 472. The van der Waals surface area contributed by atoms with Crippen LogP contribution in [0.15, 0.2) is 24.3 Å². The maximum atomic E-state index is 12.3. The van der Waals surface area contributed by atoms with E-state index in [1.165, 1.54) is 0 Å². The topological polar surface area (TPSA) is 41.1 Å². The fourth-order valence-corrected chi connectivity index (χ4v) is 3.61. The van der Waals surface area contributed by atoms with E-state index in [1.54, 1.807) is 0 Å². The molecular weight excluding hydrogens is 283 g/mol. The van der Waals surface area contributed by atoms with E-state index in [1.807, 2.05) is 18.2 Å². The zero-order chi connectivity index (χ0) is 12.6. The summed E-state index contributed by atoms with van der Waals surface area (Å²) < 4.78 is 0. The molecule has 3 nitrogen and oxygen atoms in total. The number of carbonyl (C=O) groups is 1. The molecule has 0 aliphatic carbocycles. The molecule has 1 spiro atoms. The van der Waals surface area contributed by atoms with Crippen LogP contribution in [0.5, 0.6) is 0 Å². The number of rotatable bonds is 1. The van der Waals surface area contributed by atoms with Crippen LogP contribution < -0.4 is 10.6 Å². The molecule has 0 bridgehead atoms. The number of carbonyl (C=O) groups excluding carboxylic acids is 1. The molecule has 0 saturated carbocycles. The van der Waals surface area contributed by atoms with Crippen molar-refractivity contribution in [1.29, 1.82) is 0 Å². The first-order valence-electron chi connectivity index (χ1n) is 6.47. The van der Waals surface area contributed by atoms with E-state index in [9.17, 15) is 4.79 Å². The quantitative estimate of drug-likeness (QED) is 0.836. The molecule has 2 aliphatic rings. The molecule has 1 aromatic carbocycles. The second-order valence-electron chi connectivity index (χ2n) is 5.19. The third kappa shape index (κ3) is 2.35. The minimum atomic E-state index is -0.254. The van der Waals surface area contributed by atoms with Crippen LogP contribution in [0.1, 0.15) is 24.3 Å². The molecule has 2 saturated heterocycles. The van der Waals surface area contributed by atoms with Gasteiger partial charge in [0.2, 0.25) is 5.91 Å². The lowest BCUT2D eigenvalue weighted by Gasteiger charge is -2.36. The lowest BCUT2D eigenvalue weighted by atomic mass is 9.68. The molecule has 1 aromatic rings. The van der Waals surface area contributed by atoms with Gasteiger partial charge in [0.25, 0.3) is 0 Å². The first kappa shape index (κ1) is 14.6. The van der Waals surface area contributed by atoms with Gasteiger partial charge < -0.3 is 10.6 Å². The number of hydrogen-bond acceptors (Lipinski definition) is 2. The van der Waals surface area contributed by atoms with Crippen LogP contribution in [-0.2, 0) is 4.79 Å². The molecule has 1 unspecified atom stereocenters. The highest BCUT2D eigenvalue weighted by molar-refractivity contribution is 6.31. The van der Waals surface area contributed by atoms with E-state index in [4.69, 9.17) is 11.6 Å². The van der Waals surface area contributed by atoms with Crippen LogP contribution >= 0.6 is 24.0 Å². The average Bonchev–Trinajstić information content (AvgIpc) is 2.69. The standard InChI is InChI=1S/C14H17ClN2O.ClH/c15-12-4-2-1-3-10(12)11-9-17-13(18)14(11)5-7-16-8-6-14;/h1-4,11,16H,5-9H2,(H,17,18);1H. The summed E-state index contributed by atoms with van der Waals surface area (Å²) in [6.45, 7) is 2.53. The van der Waals surface area contributed by atoms with E-state index >= 15 is 0 Å². The Hall–Kier alpha value is -0.770. The van der Waals surface area contributed by atoms with Gasteiger partial charge in [0.05, 0.1) is 5.41 Å². The first-order chi connectivity index (χ1) is 8.74. The van der Waals surface area contributed by atoms with E-state index in [0.717, 1.165) is 36.5 Å². The highest BCUT2D eigenvalue weighted by atomic mass is 35.5. The van der Waals surface area contributed by atoms with Crippen molar-refractivity contribution < 1.29 is 4.79 Å². The summed E-state index contributed by atoms with van der Waals surface area (Å²) in [5.41, 5.74) is 0.857. The number of amides is 1. The number of halogens is 2. The number of nitrogens with one attached hydrogen (secondary N) is 2. The summed E-state index contributed by atoms with van der Waals surface area (Å²) in [7, 11) is 0. The lowest BCUT2D eigenvalue weighted by Crippen LogP contribution is -2.44. The van der Waals surface area contributed by atoms with Crippen molar-refractivity contribution in [1.82, 2.24) is 10.6 Å². The number of benzene rings is 1. The highest BCUT2D eigenvalue weighted by Crippen LogP contribution is 2.47. The molecule has 2 heterocycles. The summed E-state index contributed by atoms with van der Waals surface area (Å²) in [6.07, 6.45) is 1.80. The van der Waals surface area contributed by atoms with Crippen LogP contribution in [0.3, 0.4) is 0 Å². The van der Waals surface area contributed by atoms with Crippen LogP contribution in [0.25, 0.3) is 0 Å². The molecule has 0 aromatic heterocycles. The molecule has 2 fully saturated rings. The van der Waals surface area contributed by atoms with Gasteiger partial charge in [0.1, 0.15) is 0 Å². The van der Waals surface area contributed by atoms with Crippen molar-refractivity contribution in [2.24, 2.45) is 5.41 Å². The Balaban J connectivity index is 0.00000133. The van der Waals surface area contributed by atoms with Crippen molar-refractivity contribution in [2.45, 2.75) is 18.8 Å². The molecule has 2 aliphatic heterocycles. The Morgan fingerprint density at radius 2 is 1.89 bits per heavy atom. The summed E-state index contributed by atoms with van der Waals surface area (Å²) in [4.78, 5) is 12.3. The zero-order valence-electron chi connectivity index (χ0n) is 10.6. The van der Waals surface area contributed by atoms with Crippen molar-refractivity contribution in [3.8, 4) is 0 Å². The first-order valence-corrected chi connectivity index (χ1v) is 6.85. The molecule has 2 N–H and O–H groups in total. The van der Waals surface area contributed by atoms with Crippen molar-refractivity contribution in [3.63, 3.8) is 0 Å². The molecular formula is C14H18Cl2N2O. The van der Waals surface area contributed by atoms with Crippen LogP contribution in [-0.4, -0.2) is 25.5 Å². The summed E-state index contributed by atoms with van der Waals surface area (Å²) in [6, 6.07) is 7.90. The fraction of sp³-hybridized carbons (Fsp3) is 0.500. The molecule has 3 rings (SSSR count). The van der Waals surface area contributed by atoms with Crippen molar-refractivity contribution >= 4 is 29.9 Å². The zero-order valence-corrected chi connectivity index (χ0v) is 12.2. The van der Waals surface area contributed by atoms with Crippen molar-refractivity contribution in [3.05, 3.63) is 34.9 Å². The summed E-state index contributed by atoms with van der Waals surface area (Å²) in [5.74, 6) is 0.412. The predicted molar refractivity (Wildman–Crippen MR) is 79.0 cm³/mol. The molecule has 1 amide bonds. The van der Waals surface area contributed by atoms with Crippen LogP contribution in [0.2, 0.25) is 5.02 Å². The van der Waals surface area contributed by atoms with E-state index in [2.05, 4.69) is 16.7 Å². The van der Waals surface area contributed by atoms with Gasteiger partial charge in [-0.1, -0.05) is 29.8 Å². The lowest BCUT2D eigenvalue weighted by molar-refractivity contribution is -0.129. The average molecular weight is 301 g/mol. The predicted octanol–water partition coefficient (Wildman–Crippen LogP) is 2.34. The Labute approximate surface area is 124 Å². The molecule has 1 atom stereocenters. The maximum Gasteiger partial charge on any atom is 0.227 e. The van der Waals surface area contributed by atoms with Gasteiger partial charge in [-0.05, 0) is 37.6 Å². The number of piperidine rings is 1. The molecule has 5 heteroatoms. The largest absolute Gasteiger partial charge is 0.355 e. The third-order valence-corrected chi connectivity index (χ3v) is 4.71. The highest BCUT2D eigenvalue weighted by Gasteiger charge is 2.51. The Morgan fingerprint density at radius 1 is 1.21 bits per heavy atom. The normalized spacial score (nSPS) is 24.9. The second kappa shape index (κ2) is 5.70. The smallest absolute Gasteiger partial charge is 0.227 e. The van der Waals surface area contributed by atoms with Gasteiger partial charge >= 0.3 is 0 Å². The summed E-state index contributed by atoms with van der Waals surface area (Å²) >= 11 is 6.30. The van der Waals surface area contributed by atoms with E-state index < -0.39 is 0 Å². The Morgan fingerprint density at radius 3 is 2.58 bits per heavy atom. The monoisotopic (exact) mass is 300 g/mol. The maximum absolute atomic E-state index is 12.3. The molecule has 104 valence electrons. The van der Waals surface area contributed by atoms with Gasteiger partial charge in [-0.15, -0.1) is 12.4 Å².